The van der Waals surface area contributed by atoms with Crippen LogP contribution in [0.5, 0.6) is 0 Å². The Morgan fingerprint density at radius 3 is 2.69 bits per heavy atom. The molecule has 0 bridgehead atoms. The number of hydrogen-bond acceptors (Lipinski definition) is 3. The van der Waals surface area contributed by atoms with Gasteiger partial charge in [0.2, 0.25) is 5.91 Å². The molecule has 7 nitrogen and oxygen atoms in total. The molecule has 1 atom stereocenters. The summed E-state index contributed by atoms with van der Waals surface area (Å²) in [5.74, 6) is -0.728. The second-order valence-electron chi connectivity index (χ2n) is 6.11. The van der Waals surface area contributed by atoms with E-state index in [0.717, 1.165) is 10.6 Å². The maximum Gasteiger partial charge on any atom is 0.325 e. The predicted molar refractivity (Wildman–Crippen MR) is 96.2 cm³/mol. The first-order chi connectivity index (χ1) is 12.5. The minimum atomic E-state index is -0.863. The molecule has 8 heteroatoms. The molecule has 3 rings (SSSR count). The lowest BCUT2D eigenvalue weighted by Crippen LogP contribution is -2.36. The van der Waals surface area contributed by atoms with Crippen LogP contribution in [0.4, 0.5) is 4.79 Å². The summed E-state index contributed by atoms with van der Waals surface area (Å²) in [6.07, 6.45) is 1.78. The van der Waals surface area contributed by atoms with E-state index in [-0.39, 0.29) is 18.9 Å². The molecule has 2 heterocycles. The average Bonchev–Trinajstić information content (AvgIpc) is 3.13. The number of benzene rings is 1. The highest BCUT2D eigenvalue weighted by Gasteiger charge is 2.39. The number of nitrogens with one attached hydrogen (secondary N) is 2. The van der Waals surface area contributed by atoms with Gasteiger partial charge in [-0.25, -0.2) is 4.79 Å². The maximum atomic E-state index is 12.5. The normalized spacial score (nSPS) is 16.7. The number of imide groups is 1. The highest BCUT2D eigenvalue weighted by atomic mass is 35.5. The van der Waals surface area contributed by atoms with E-state index in [4.69, 9.17) is 11.6 Å². The number of rotatable bonds is 6. The van der Waals surface area contributed by atoms with Gasteiger partial charge in [0.15, 0.2) is 0 Å². The van der Waals surface area contributed by atoms with Gasteiger partial charge in [-0.15, -0.1) is 0 Å². The van der Waals surface area contributed by atoms with Crippen molar-refractivity contribution in [3.63, 3.8) is 0 Å². The van der Waals surface area contributed by atoms with Crippen LogP contribution >= 0.6 is 11.6 Å². The van der Waals surface area contributed by atoms with Gasteiger partial charge in [0.05, 0.1) is 19.5 Å². The zero-order chi connectivity index (χ0) is 18.7. The van der Waals surface area contributed by atoms with E-state index in [1.165, 1.54) is 0 Å². The van der Waals surface area contributed by atoms with Crippen molar-refractivity contribution in [1.29, 1.82) is 0 Å². The van der Waals surface area contributed by atoms with Crippen molar-refractivity contribution in [2.24, 2.45) is 7.05 Å². The molecule has 1 aliphatic rings. The van der Waals surface area contributed by atoms with Gasteiger partial charge in [-0.3, -0.25) is 14.5 Å². The van der Waals surface area contributed by atoms with E-state index < -0.39 is 18.0 Å². The molecule has 1 fully saturated rings. The van der Waals surface area contributed by atoms with Crippen LogP contribution < -0.4 is 10.6 Å². The fourth-order valence-electron chi connectivity index (χ4n) is 2.79. The second kappa shape index (κ2) is 7.61. The Labute approximate surface area is 155 Å². The molecule has 1 saturated heterocycles. The fourth-order valence-corrected chi connectivity index (χ4v) is 2.98. The van der Waals surface area contributed by atoms with Crippen LogP contribution in [-0.4, -0.2) is 33.4 Å². The molecule has 0 radical (unpaired) electrons. The fraction of sp³-hybridized carbons (Fsp3) is 0.278. The molecular formula is C18H19ClN4O3. The number of halogens is 1. The van der Waals surface area contributed by atoms with Gasteiger partial charge in [0.25, 0.3) is 5.91 Å². The maximum absolute atomic E-state index is 12.5. The Morgan fingerprint density at radius 1 is 1.23 bits per heavy atom. The van der Waals surface area contributed by atoms with E-state index in [2.05, 4.69) is 10.6 Å². The molecule has 1 aromatic heterocycles. The van der Waals surface area contributed by atoms with Crippen LogP contribution in [0.25, 0.3) is 0 Å². The largest absolute Gasteiger partial charge is 0.353 e. The molecule has 2 aromatic rings. The quantitative estimate of drug-likeness (QED) is 0.756. The zero-order valence-electron chi connectivity index (χ0n) is 14.2. The van der Waals surface area contributed by atoms with Crippen LogP contribution in [0.15, 0.2) is 42.6 Å². The minimum absolute atomic E-state index is 0.0752. The molecule has 26 heavy (non-hydrogen) atoms. The van der Waals surface area contributed by atoms with Gasteiger partial charge >= 0.3 is 6.03 Å². The van der Waals surface area contributed by atoms with Gasteiger partial charge in [-0.05, 0) is 23.8 Å². The molecule has 2 N–H and O–H groups in total. The lowest BCUT2D eigenvalue weighted by atomic mass is 10.1. The number of aromatic nitrogens is 1. The van der Waals surface area contributed by atoms with E-state index in [1.54, 1.807) is 24.3 Å². The number of hydrogen-bond donors (Lipinski definition) is 2. The molecule has 0 spiro atoms. The molecular weight excluding hydrogens is 356 g/mol. The third-order valence-corrected chi connectivity index (χ3v) is 4.67. The number of nitrogens with zero attached hydrogens (tertiary/aromatic N) is 2. The number of urea groups is 1. The van der Waals surface area contributed by atoms with Crippen LogP contribution in [-0.2, 0) is 29.7 Å². The standard InChI is InChI=1S/C18H19ClN4O3/c1-22-8-4-6-13(22)10-20-16(24)9-15-17(25)23(18(26)21-15)11-12-5-2-3-7-14(12)19/h2-8,15H,9-11H2,1H3,(H,20,24)(H,21,26)/t15-/m1/s1. The third-order valence-electron chi connectivity index (χ3n) is 4.30. The summed E-state index contributed by atoms with van der Waals surface area (Å²) in [4.78, 5) is 37.8. The summed E-state index contributed by atoms with van der Waals surface area (Å²) in [7, 11) is 1.88. The summed E-state index contributed by atoms with van der Waals surface area (Å²) in [5.41, 5.74) is 1.62. The number of carbonyl (C=O) groups excluding carboxylic acids is 3. The van der Waals surface area contributed by atoms with Crippen molar-refractivity contribution in [3.8, 4) is 0 Å². The Bertz CT molecular complexity index is 848. The van der Waals surface area contributed by atoms with Gasteiger partial charge < -0.3 is 15.2 Å². The van der Waals surface area contributed by atoms with E-state index in [1.807, 2.05) is 29.9 Å². The van der Waals surface area contributed by atoms with Crippen LogP contribution in [0.3, 0.4) is 0 Å². The topological polar surface area (TPSA) is 83.4 Å². The summed E-state index contributed by atoms with van der Waals surface area (Å²) in [6, 6.07) is 9.41. The highest BCUT2D eigenvalue weighted by Crippen LogP contribution is 2.20. The monoisotopic (exact) mass is 374 g/mol. The first-order valence-corrected chi connectivity index (χ1v) is 8.55. The Balaban J connectivity index is 1.57. The summed E-state index contributed by atoms with van der Waals surface area (Å²) >= 11 is 6.09. The molecule has 1 aromatic carbocycles. The minimum Gasteiger partial charge on any atom is -0.353 e. The number of carbonyl (C=O) groups is 3. The molecule has 0 saturated carbocycles. The first-order valence-electron chi connectivity index (χ1n) is 8.18. The van der Waals surface area contributed by atoms with Crippen molar-refractivity contribution in [3.05, 3.63) is 58.9 Å². The molecule has 0 aliphatic carbocycles. The molecule has 1 aliphatic heterocycles. The molecule has 136 valence electrons. The predicted octanol–water partition coefficient (Wildman–Crippen LogP) is 1.81. The Kier molecular flexibility index (Phi) is 5.27. The van der Waals surface area contributed by atoms with E-state index in [0.29, 0.717) is 17.1 Å². The van der Waals surface area contributed by atoms with Crippen molar-refractivity contribution >= 4 is 29.4 Å². The number of aryl methyl sites for hydroxylation is 1. The smallest absolute Gasteiger partial charge is 0.325 e. The van der Waals surface area contributed by atoms with Crippen molar-refractivity contribution in [1.82, 2.24) is 20.1 Å². The number of amides is 4. The summed E-state index contributed by atoms with van der Waals surface area (Å²) in [6.45, 7) is 0.437. The Hall–Kier alpha value is -2.80. The van der Waals surface area contributed by atoms with Gasteiger partial charge in [0.1, 0.15) is 6.04 Å². The zero-order valence-corrected chi connectivity index (χ0v) is 15.0. The van der Waals surface area contributed by atoms with E-state index in [9.17, 15) is 14.4 Å². The molecule has 0 unspecified atom stereocenters. The lowest BCUT2D eigenvalue weighted by Gasteiger charge is -2.14. The van der Waals surface area contributed by atoms with Crippen LogP contribution in [0.1, 0.15) is 17.7 Å². The summed E-state index contributed by atoms with van der Waals surface area (Å²) < 4.78 is 1.90. The van der Waals surface area contributed by atoms with Crippen LogP contribution in [0.2, 0.25) is 5.02 Å². The van der Waals surface area contributed by atoms with Crippen LogP contribution in [0, 0.1) is 0 Å². The van der Waals surface area contributed by atoms with Gasteiger partial charge in [-0.1, -0.05) is 29.8 Å². The van der Waals surface area contributed by atoms with Gasteiger partial charge in [0, 0.05) is 24.0 Å². The first kappa shape index (κ1) is 18.0. The van der Waals surface area contributed by atoms with Gasteiger partial charge in [-0.2, -0.15) is 0 Å². The van der Waals surface area contributed by atoms with Crippen molar-refractivity contribution in [2.45, 2.75) is 25.6 Å². The molecule has 4 amide bonds. The van der Waals surface area contributed by atoms with E-state index >= 15 is 0 Å². The second-order valence-corrected chi connectivity index (χ2v) is 6.52. The SMILES string of the molecule is Cn1cccc1CNC(=O)C[C@H]1NC(=O)N(Cc2ccccc2Cl)C1=O. The summed E-state index contributed by atoms with van der Waals surface area (Å²) in [5, 5.41) is 5.80. The average molecular weight is 375 g/mol. The van der Waals surface area contributed by atoms with Crippen molar-refractivity contribution < 1.29 is 14.4 Å². The van der Waals surface area contributed by atoms with Crippen molar-refractivity contribution in [2.75, 3.05) is 0 Å². The lowest BCUT2D eigenvalue weighted by molar-refractivity contribution is -0.131. The Morgan fingerprint density at radius 2 is 2.00 bits per heavy atom. The highest BCUT2D eigenvalue weighted by molar-refractivity contribution is 6.31. The third kappa shape index (κ3) is 3.88.